The van der Waals surface area contributed by atoms with Gasteiger partial charge in [0, 0.05) is 19.4 Å². The minimum absolute atomic E-state index is 0.0708. The van der Waals surface area contributed by atoms with Gasteiger partial charge in [-0.05, 0) is 83.5 Å². The summed E-state index contributed by atoms with van der Waals surface area (Å²) in [6, 6.07) is 0. The van der Waals surface area contributed by atoms with Crippen molar-refractivity contribution in [3.8, 4) is 0 Å². The fourth-order valence-electron chi connectivity index (χ4n) is 6.49. The normalized spacial score (nSPS) is 12.7. The molecular weight excluding hydrogens is 693 g/mol. The van der Waals surface area contributed by atoms with Crippen molar-refractivity contribution in [2.24, 2.45) is 0 Å². The number of unbranched alkanes of at least 4 members (excludes halogenated alkanes) is 22. The Labute approximate surface area is 347 Å². The van der Waals surface area contributed by atoms with Gasteiger partial charge in [-0.2, -0.15) is 0 Å². The van der Waals surface area contributed by atoms with E-state index < -0.39 is 6.10 Å². The second kappa shape index (κ2) is 47.0. The fourth-order valence-corrected chi connectivity index (χ4v) is 6.49. The van der Waals surface area contributed by atoms with Crippen molar-refractivity contribution in [2.45, 2.75) is 232 Å². The van der Waals surface area contributed by atoms with Crippen molar-refractivity contribution in [1.29, 1.82) is 0 Å². The number of hydrogen-bond donors (Lipinski definition) is 0. The standard InChI is InChI=1S/C51H90O5/c1-4-7-10-13-16-19-21-23-25-26-27-28-30-33-35-38-41-44-50(52)55-48-49(56-51(53)45-42-39-36-32-18-15-12-9-6-3)47-54-46-43-40-37-34-31-29-24-22-20-17-14-11-8-5-2/h7,10,16,19-20,22-23,25,27-28,49H,4-6,8-9,11-15,17-18,21,24,26,29-48H2,1-3H3/b10-7-,19-16-,22-20-,25-23-,28-27-. The average Bonchev–Trinajstić information content (AvgIpc) is 3.20. The van der Waals surface area contributed by atoms with Crippen LogP contribution in [0.15, 0.2) is 60.8 Å². The number of allylic oxidation sites excluding steroid dienone is 10. The molecule has 0 spiro atoms. The molecule has 0 saturated heterocycles. The van der Waals surface area contributed by atoms with Gasteiger partial charge in [0.2, 0.25) is 0 Å². The van der Waals surface area contributed by atoms with Crippen molar-refractivity contribution in [3.63, 3.8) is 0 Å². The van der Waals surface area contributed by atoms with Gasteiger partial charge in [-0.25, -0.2) is 0 Å². The van der Waals surface area contributed by atoms with E-state index in [1.807, 2.05) is 0 Å². The largest absolute Gasteiger partial charge is 0.462 e. The maximum atomic E-state index is 12.7. The van der Waals surface area contributed by atoms with Crippen LogP contribution in [0.5, 0.6) is 0 Å². The van der Waals surface area contributed by atoms with Crippen LogP contribution in [0, 0.1) is 0 Å². The topological polar surface area (TPSA) is 61.8 Å². The summed E-state index contributed by atoms with van der Waals surface area (Å²) >= 11 is 0. The third-order valence-corrected chi connectivity index (χ3v) is 10.0. The van der Waals surface area contributed by atoms with Crippen LogP contribution in [-0.4, -0.2) is 37.9 Å². The first kappa shape index (κ1) is 53.6. The first-order chi connectivity index (χ1) is 27.6. The molecule has 5 heteroatoms. The number of hydrogen-bond acceptors (Lipinski definition) is 5. The summed E-state index contributed by atoms with van der Waals surface area (Å²) in [5.41, 5.74) is 0. The van der Waals surface area contributed by atoms with Crippen molar-refractivity contribution in [1.82, 2.24) is 0 Å². The van der Waals surface area contributed by atoms with Gasteiger partial charge in [-0.3, -0.25) is 9.59 Å². The Morgan fingerprint density at radius 1 is 0.411 bits per heavy atom. The number of carbonyl (C=O) groups is 2. The smallest absolute Gasteiger partial charge is 0.306 e. The lowest BCUT2D eigenvalue weighted by atomic mass is 10.1. The minimum Gasteiger partial charge on any atom is -0.462 e. The molecule has 0 aliphatic rings. The molecule has 0 heterocycles. The predicted octanol–water partition coefficient (Wildman–Crippen LogP) is 15.8. The maximum Gasteiger partial charge on any atom is 0.306 e. The first-order valence-corrected chi connectivity index (χ1v) is 23.8. The Hall–Kier alpha value is -2.40. The summed E-state index contributed by atoms with van der Waals surface area (Å²) in [5.74, 6) is -0.427. The first-order valence-electron chi connectivity index (χ1n) is 23.8. The van der Waals surface area contributed by atoms with Crippen LogP contribution in [0.3, 0.4) is 0 Å². The molecule has 0 bridgehead atoms. The minimum atomic E-state index is -0.546. The Morgan fingerprint density at radius 2 is 0.804 bits per heavy atom. The van der Waals surface area contributed by atoms with E-state index in [9.17, 15) is 9.59 Å². The monoisotopic (exact) mass is 783 g/mol. The van der Waals surface area contributed by atoms with Crippen LogP contribution >= 0.6 is 0 Å². The summed E-state index contributed by atoms with van der Waals surface area (Å²) in [6.45, 7) is 7.65. The van der Waals surface area contributed by atoms with Gasteiger partial charge in [0.1, 0.15) is 6.61 Å². The van der Waals surface area contributed by atoms with Crippen molar-refractivity contribution < 1.29 is 23.8 Å². The molecular formula is C51H90O5. The molecule has 0 saturated carbocycles. The van der Waals surface area contributed by atoms with Gasteiger partial charge in [0.05, 0.1) is 6.61 Å². The third-order valence-electron chi connectivity index (χ3n) is 10.0. The summed E-state index contributed by atoms with van der Waals surface area (Å²) < 4.78 is 17.3. The fraction of sp³-hybridized carbons (Fsp3) is 0.765. The molecule has 0 fully saturated rings. The van der Waals surface area contributed by atoms with Gasteiger partial charge < -0.3 is 14.2 Å². The Balaban J connectivity index is 4.25. The van der Waals surface area contributed by atoms with Gasteiger partial charge in [-0.15, -0.1) is 0 Å². The SMILES string of the molecule is CC/C=C\C/C=C\C/C=C\C/C=C\CCCCCCC(=O)OCC(COCCCCCCCC/C=C\CCCCCC)OC(=O)CCCCCCCCCCC. The van der Waals surface area contributed by atoms with Crippen LogP contribution < -0.4 is 0 Å². The van der Waals surface area contributed by atoms with Crippen LogP contribution in [-0.2, 0) is 23.8 Å². The van der Waals surface area contributed by atoms with Crippen LogP contribution in [0.4, 0.5) is 0 Å². The Bertz CT molecular complexity index is 977. The molecule has 0 amide bonds. The highest BCUT2D eigenvalue weighted by Gasteiger charge is 2.17. The van der Waals surface area contributed by atoms with Crippen molar-refractivity contribution in [3.05, 3.63) is 60.8 Å². The van der Waals surface area contributed by atoms with E-state index in [0.717, 1.165) is 83.5 Å². The lowest BCUT2D eigenvalue weighted by Crippen LogP contribution is -2.30. The number of rotatable bonds is 43. The third kappa shape index (κ3) is 44.3. The highest BCUT2D eigenvalue weighted by Crippen LogP contribution is 2.13. The number of esters is 2. The average molecular weight is 783 g/mol. The molecule has 56 heavy (non-hydrogen) atoms. The van der Waals surface area contributed by atoms with Crippen LogP contribution in [0.25, 0.3) is 0 Å². The lowest BCUT2D eigenvalue weighted by Gasteiger charge is -2.18. The molecule has 1 atom stereocenters. The lowest BCUT2D eigenvalue weighted by molar-refractivity contribution is -0.163. The Kier molecular flexibility index (Phi) is 45.0. The van der Waals surface area contributed by atoms with Crippen molar-refractivity contribution >= 4 is 11.9 Å². The summed E-state index contributed by atoms with van der Waals surface area (Å²) in [5, 5.41) is 0. The molecule has 0 aromatic heterocycles. The maximum absolute atomic E-state index is 12.7. The molecule has 0 N–H and O–H groups in total. The predicted molar refractivity (Wildman–Crippen MR) is 242 cm³/mol. The molecule has 0 radical (unpaired) electrons. The number of ether oxygens (including phenoxy) is 3. The van der Waals surface area contributed by atoms with E-state index in [1.165, 1.54) is 109 Å². The molecule has 324 valence electrons. The van der Waals surface area contributed by atoms with Crippen LogP contribution in [0.2, 0.25) is 0 Å². The molecule has 0 rings (SSSR count). The van der Waals surface area contributed by atoms with Gasteiger partial charge >= 0.3 is 11.9 Å². The van der Waals surface area contributed by atoms with E-state index in [4.69, 9.17) is 14.2 Å². The molecule has 1 unspecified atom stereocenters. The van der Waals surface area contributed by atoms with E-state index >= 15 is 0 Å². The second-order valence-electron chi connectivity index (χ2n) is 15.6. The second-order valence-corrected chi connectivity index (χ2v) is 15.6. The molecule has 5 nitrogen and oxygen atoms in total. The van der Waals surface area contributed by atoms with E-state index in [0.29, 0.717) is 19.4 Å². The van der Waals surface area contributed by atoms with Gasteiger partial charge in [0.15, 0.2) is 6.10 Å². The van der Waals surface area contributed by atoms with Crippen LogP contribution in [0.1, 0.15) is 226 Å². The zero-order valence-corrected chi connectivity index (χ0v) is 37.1. The van der Waals surface area contributed by atoms with E-state index in [1.54, 1.807) is 0 Å². The zero-order valence-electron chi connectivity index (χ0n) is 37.1. The molecule has 0 aromatic carbocycles. The zero-order chi connectivity index (χ0) is 40.7. The summed E-state index contributed by atoms with van der Waals surface area (Å²) in [7, 11) is 0. The summed E-state index contributed by atoms with van der Waals surface area (Å²) in [6.07, 6.45) is 57.9. The quantitative estimate of drug-likeness (QED) is 0.0350. The van der Waals surface area contributed by atoms with E-state index in [2.05, 4.69) is 81.5 Å². The van der Waals surface area contributed by atoms with E-state index in [-0.39, 0.29) is 25.2 Å². The van der Waals surface area contributed by atoms with Gasteiger partial charge in [-0.1, -0.05) is 191 Å². The molecule has 0 aromatic rings. The van der Waals surface area contributed by atoms with Gasteiger partial charge in [0.25, 0.3) is 0 Å². The van der Waals surface area contributed by atoms with Crippen molar-refractivity contribution in [2.75, 3.05) is 19.8 Å². The molecule has 0 aliphatic carbocycles. The highest BCUT2D eigenvalue weighted by atomic mass is 16.6. The summed E-state index contributed by atoms with van der Waals surface area (Å²) in [4.78, 5) is 25.2. The Morgan fingerprint density at radius 3 is 1.32 bits per heavy atom. The number of carbonyl (C=O) groups excluding carboxylic acids is 2. The molecule has 0 aliphatic heterocycles. The highest BCUT2D eigenvalue weighted by molar-refractivity contribution is 5.70.